The summed E-state index contributed by atoms with van der Waals surface area (Å²) in [6, 6.07) is 72.1. The van der Waals surface area contributed by atoms with E-state index < -0.39 is 5.41 Å². The molecule has 2 aliphatic rings. The Morgan fingerprint density at radius 1 is 0.281 bits per heavy atom. The van der Waals surface area contributed by atoms with Crippen molar-refractivity contribution in [2.24, 2.45) is 0 Å². The summed E-state index contributed by atoms with van der Waals surface area (Å²) in [5.41, 5.74) is 15.3. The third-order valence-corrected chi connectivity index (χ3v) is 12.1. The lowest BCUT2D eigenvalue weighted by atomic mass is 9.70. The van der Waals surface area contributed by atoms with Gasteiger partial charge in [0.1, 0.15) is 0 Å². The molecular weight excluding hydrogens is 691 g/mol. The predicted octanol–water partition coefficient (Wildman–Crippen LogP) is 13.2. The highest BCUT2D eigenvalue weighted by molar-refractivity contribution is 6.08. The summed E-state index contributed by atoms with van der Waals surface area (Å²) in [4.78, 5) is 15.4. The average molecular weight is 724 g/mol. The molecule has 0 amide bonds. The van der Waals surface area contributed by atoms with Crippen molar-refractivity contribution in [2.45, 2.75) is 5.41 Å². The van der Waals surface area contributed by atoms with Crippen LogP contribution in [0.5, 0.6) is 0 Å². The first-order valence-corrected chi connectivity index (χ1v) is 19.5. The lowest BCUT2D eigenvalue weighted by Gasteiger charge is -2.30. The number of fused-ring (bicyclic) bond motifs is 13. The van der Waals surface area contributed by atoms with Crippen LogP contribution in [0.1, 0.15) is 22.3 Å². The molecule has 1 heterocycles. The summed E-state index contributed by atoms with van der Waals surface area (Å²) >= 11 is 0. The van der Waals surface area contributed by atoms with Gasteiger partial charge in [-0.3, -0.25) is 0 Å². The highest BCUT2D eigenvalue weighted by Gasteiger charge is 2.51. The smallest absolute Gasteiger partial charge is 0.164 e. The van der Waals surface area contributed by atoms with Gasteiger partial charge in [-0.05, 0) is 89.3 Å². The molecule has 1 aromatic heterocycles. The molecule has 0 N–H and O–H groups in total. The quantitative estimate of drug-likeness (QED) is 0.170. The van der Waals surface area contributed by atoms with Gasteiger partial charge in [0, 0.05) is 16.7 Å². The van der Waals surface area contributed by atoms with Crippen molar-refractivity contribution in [3.05, 3.63) is 222 Å². The van der Waals surface area contributed by atoms with Gasteiger partial charge < -0.3 is 0 Å². The molecule has 57 heavy (non-hydrogen) atoms. The minimum atomic E-state index is -0.396. The van der Waals surface area contributed by atoms with Gasteiger partial charge in [-0.2, -0.15) is 0 Å². The summed E-state index contributed by atoms with van der Waals surface area (Å²) < 4.78 is 0. The topological polar surface area (TPSA) is 38.7 Å². The Kier molecular flexibility index (Phi) is 6.84. The fourth-order valence-electron chi connectivity index (χ4n) is 9.71. The molecular formula is C54H33N3. The van der Waals surface area contributed by atoms with E-state index in [-0.39, 0.29) is 0 Å². The Labute approximate surface area is 330 Å². The summed E-state index contributed by atoms with van der Waals surface area (Å²) in [6.07, 6.45) is 0. The second kappa shape index (κ2) is 12.3. The van der Waals surface area contributed by atoms with Gasteiger partial charge in [0.2, 0.25) is 0 Å². The zero-order valence-electron chi connectivity index (χ0n) is 30.9. The Hall–Kier alpha value is -7.49. The van der Waals surface area contributed by atoms with Crippen LogP contribution in [0.25, 0.3) is 89.1 Å². The van der Waals surface area contributed by atoms with Crippen molar-refractivity contribution in [1.82, 2.24) is 15.0 Å². The Morgan fingerprint density at radius 2 is 0.772 bits per heavy atom. The monoisotopic (exact) mass is 723 g/mol. The van der Waals surface area contributed by atoms with Gasteiger partial charge in [-0.1, -0.05) is 188 Å². The van der Waals surface area contributed by atoms with Gasteiger partial charge in [0.25, 0.3) is 0 Å². The lowest BCUT2D eigenvalue weighted by molar-refractivity contribution is 0.794. The van der Waals surface area contributed by atoms with Gasteiger partial charge in [0.15, 0.2) is 17.5 Å². The molecule has 0 radical (unpaired) electrons. The molecule has 3 heteroatoms. The van der Waals surface area contributed by atoms with Crippen molar-refractivity contribution in [1.29, 1.82) is 0 Å². The van der Waals surface area contributed by atoms with Crippen molar-refractivity contribution in [3.8, 4) is 67.5 Å². The first-order chi connectivity index (χ1) is 28.3. The van der Waals surface area contributed by atoms with Crippen LogP contribution in [0.3, 0.4) is 0 Å². The van der Waals surface area contributed by atoms with Crippen LogP contribution in [-0.2, 0) is 5.41 Å². The molecule has 0 saturated carbocycles. The van der Waals surface area contributed by atoms with E-state index in [1.807, 2.05) is 18.2 Å². The number of aromatic nitrogens is 3. The second-order valence-electron chi connectivity index (χ2n) is 15.1. The predicted molar refractivity (Wildman–Crippen MR) is 233 cm³/mol. The van der Waals surface area contributed by atoms with Crippen molar-refractivity contribution >= 4 is 21.5 Å². The number of nitrogens with zero attached hydrogens (tertiary/aromatic N) is 3. The molecule has 0 saturated heterocycles. The Morgan fingerprint density at radius 3 is 1.53 bits per heavy atom. The van der Waals surface area contributed by atoms with Gasteiger partial charge in [-0.15, -0.1) is 0 Å². The van der Waals surface area contributed by atoms with Crippen LogP contribution < -0.4 is 0 Å². The van der Waals surface area contributed by atoms with E-state index in [1.54, 1.807) is 0 Å². The van der Waals surface area contributed by atoms with Gasteiger partial charge in [0.05, 0.1) is 5.41 Å². The van der Waals surface area contributed by atoms with E-state index in [0.717, 1.165) is 27.6 Å². The van der Waals surface area contributed by atoms with Crippen LogP contribution in [0.2, 0.25) is 0 Å². The van der Waals surface area contributed by atoms with E-state index in [2.05, 4.69) is 182 Å². The summed E-state index contributed by atoms with van der Waals surface area (Å²) in [5.74, 6) is 1.94. The highest BCUT2D eigenvalue weighted by Crippen LogP contribution is 2.63. The molecule has 12 rings (SSSR count). The summed E-state index contributed by atoms with van der Waals surface area (Å²) in [7, 11) is 0. The van der Waals surface area contributed by atoms with E-state index in [0.29, 0.717) is 17.5 Å². The van der Waals surface area contributed by atoms with E-state index in [9.17, 15) is 0 Å². The molecule has 3 nitrogen and oxygen atoms in total. The van der Waals surface area contributed by atoms with Crippen LogP contribution in [0, 0.1) is 0 Å². The van der Waals surface area contributed by atoms with Crippen LogP contribution in [-0.4, -0.2) is 15.0 Å². The third kappa shape index (κ3) is 4.63. The van der Waals surface area contributed by atoms with Crippen molar-refractivity contribution in [3.63, 3.8) is 0 Å². The summed E-state index contributed by atoms with van der Waals surface area (Å²) in [5, 5.41) is 4.83. The largest absolute Gasteiger partial charge is 0.208 e. The van der Waals surface area contributed by atoms with E-state index >= 15 is 0 Å². The zero-order chi connectivity index (χ0) is 37.5. The molecule has 2 aliphatic carbocycles. The van der Waals surface area contributed by atoms with Crippen LogP contribution in [0.4, 0.5) is 0 Å². The van der Waals surface area contributed by atoms with Crippen molar-refractivity contribution in [2.75, 3.05) is 0 Å². The fraction of sp³-hybridized carbons (Fsp3) is 0.0185. The lowest BCUT2D eigenvalue weighted by Crippen LogP contribution is -2.25. The third-order valence-electron chi connectivity index (χ3n) is 12.1. The molecule has 264 valence electrons. The first kappa shape index (κ1) is 31.8. The van der Waals surface area contributed by atoms with Crippen LogP contribution >= 0.6 is 0 Å². The molecule has 0 atom stereocenters. The van der Waals surface area contributed by atoms with E-state index in [4.69, 9.17) is 15.0 Å². The number of hydrogen-bond acceptors (Lipinski definition) is 3. The first-order valence-electron chi connectivity index (χ1n) is 19.5. The minimum Gasteiger partial charge on any atom is -0.208 e. The molecule has 10 aromatic rings. The summed E-state index contributed by atoms with van der Waals surface area (Å²) in [6.45, 7) is 0. The average Bonchev–Trinajstić information content (AvgIpc) is 3.77. The number of benzene rings is 9. The Bertz CT molecular complexity index is 3210. The second-order valence-corrected chi connectivity index (χ2v) is 15.1. The zero-order valence-corrected chi connectivity index (χ0v) is 30.9. The Balaban J connectivity index is 1.04. The standard InChI is InChI=1S/C54H33N3/c1-2-15-35(16-3-1)51-55-52(57-53(56-51)39-30-31-41-37(33-39)29-28-34-14-4-5-19-40(34)41)38-18-12-17-36(32-38)42-23-13-27-49-50(42)45-22-8-11-26-48(45)54(49)46-24-9-6-20-43(46)44-21-7-10-25-47(44)54/h1-33H. The van der Waals surface area contributed by atoms with Crippen molar-refractivity contribution < 1.29 is 0 Å². The van der Waals surface area contributed by atoms with E-state index in [1.165, 1.54) is 66.2 Å². The highest BCUT2D eigenvalue weighted by atomic mass is 15.0. The SMILES string of the molecule is c1ccc(-c2nc(-c3cccc(-c4cccc5c4-c4ccccc4C54c5ccccc5-c5ccccc54)c3)nc(-c3ccc4c(ccc5ccccc54)c3)n2)cc1. The molecule has 0 bridgehead atoms. The minimum absolute atomic E-state index is 0.396. The number of rotatable bonds is 4. The molecule has 1 spiro atoms. The maximum absolute atomic E-state index is 5.20. The maximum atomic E-state index is 5.20. The maximum Gasteiger partial charge on any atom is 0.164 e. The molecule has 0 unspecified atom stereocenters. The normalized spacial score (nSPS) is 13.1. The molecule has 0 aliphatic heterocycles. The van der Waals surface area contributed by atoms with Gasteiger partial charge in [-0.25, -0.2) is 15.0 Å². The van der Waals surface area contributed by atoms with Gasteiger partial charge >= 0.3 is 0 Å². The number of hydrogen-bond donors (Lipinski definition) is 0. The molecule has 9 aromatic carbocycles. The van der Waals surface area contributed by atoms with Crippen LogP contribution in [0.15, 0.2) is 200 Å². The fourth-order valence-corrected chi connectivity index (χ4v) is 9.71. The molecule has 0 fully saturated rings.